The van der Waals surface area contributed by atoms with Crippen LogP contribution in [0, 0.1) is 0 Å². The molecule has 4 nitrogen and oxygen atoms in total. The molecule has 0 saturated heterocycles. The molecule has 0 bridgehead atoms. The first-order valence-electron chi connectivity index (χ1n) is 19.2. The highest BCUT2D eigenvalue weighted by molar-refractivity contribution is 6.05. The molecule has 4 heterocycles. The molecule has 0 spiro atoms. The third kappa shape index (κ3) is 9.88. The molecule has 8 rings (SSSR count). The summed E-state index contributed by atoms with van der Waals surface area (Å²) in [6.07, 6.45) is 31.6. The molecule has 58 heavy (non-hydrogen) atoms. The predicted octanol–water partition coefficient (Wildman–Crippen LogP) is 13.0. The minimum atomic E-state index is 1.11. The summed E-state index contributed by atoms with van der Waals surface area (Å²) in [6, 6.07) is 51.5. The van der Waals surface area contributed by atoms with Gasteiger partial charge in [0.1, 0.15) is 0 Å². The van der Waals surface area contributed by atoms with Gasteiger partial charge in [0, 0.05) is 49.6 Å². The maximum atomic E-state index is 4.15. The quantitative estimate of drug-likeness (QED) is 0.117. The van der Waals surface area contributed by atoms with Crippen LogP contribution in [-0.2, 0) is 0 Å². The van der Waals surface area contributed by atoms with Crippen LogP contribution in [0.25, 0.3) is 59.8 Å². The van der Waals surface area contributed by atoms with Gasteiger partial charge in [-0.25, -0.2) is 0 Å². The van der Waals surface area contributed by atoms with E-state index in [-0.39, 0.29) is 0 Å². The van der Waals surface area contributed by atoms with Crippen molar-refractivity contribution in [1.29, 1.82) is 0 Å². The normalized spacial score (nSPS) is 11.5. The molecule has 4 aromatic heterocycles. The maximum Gasteiger partial charge on any atom is 0.0273 e. The van der Waals surface area contributed by atoms with E-state index in [0.29, 0.717) is 0 Å². The van der Waals surface area contributed by atoms with Gasteiger partial charge in [0.05, 0.1) is 0 Å². The maximum absolute atomic E-state index is 4.15. The van der Waals surface area contributed by atoms with Crippen molar-refractivity contribution < 1.29 is 0 Å². The zero-order valence-electron chi connectivity index (χ0n) is 31.9. The molecule has 0 aliphatic rings. The van der Waals surface area contributed by atoms with Crippen LogP contribution >= 0.6 is 0 Å². The Labute approximate surface area is 340 Å². The number of benzene rings is 4. The van der Waals surface area contributed by atoms with Crippen molar-refractivity contribution in [1.82, 2.24) is 19.9 Å². The summed E-state index contributed by atoms with van der Waals surface area (Å²) in [5.74, 6) is 0. The van der Waals surface area contributed by atoms with Crippen molar-refractivity contribution >= 4 is 59.8 Å². The van der Waals surface area contributed by atoms with E-state index < -0.39 is 0 Å². The number of rotatable bonds is 12. The Morgan fingerprint density at radius 1 is 0.207 bits per heavy atom. The number of pyridine rings is 4. The lowest BCUT2D eigenvalue weighted by Crippen LogP contribution is -1.98. The third-order valence-corrected chi connectivity index (χ3v) is 9.74. The van der Waals surface area contributed by atoms with Crippen molar-refractivity contribution in [2.75, 3.05) is 0 Å². The van der Waals surface area contributed by atoms with E-state index in [9.17, 15) is 0 Å². The number of hydrogen-bond acceptors (Lipinski definition) is 4. The minimum absolute atomic E-state index is 1.11. The van der Waals surface area contributed by atoms with Gasteiger partial charge >= 0.3 is 0 Å². The van der Waals surface area contributed by atoms with Crippen molar-refractivity contribution in [3.05, 3.63) is 262 Å². The molecule has 0 aliphatic heterocycles. The predicted molar refractivity (Wildman–Crippen MR) is 243 cm³/mol. The van der Waals surface area contributed by atoms with Gasteiger partial charge in [0.15, 0.2) is 0 Å². The van der Waals surface area contributed by atoms with Gasteiger partial charge in [-0.1, -0.05) is 146 Å². The standard InChI is InChI=1S/C54H40N4/c1(5-45-25-33-55-34-26-45)41-9-17-49(18-10-41)53(50-19-11-42(12-20-50)2-6-46-27-35-56-36-28-46)54(51-21-13-43(14-22-51)3-7-47-29-37-57-38-30-47)52-23-15-44(16-24-52)4-8-48-31-39-58-40-32-48/h1-40H. The largest absolute Gasteiger partial charge is 0.265 e. The zero-order valence-corrected chi connectivity index (χ0v) is 31.9. The van der Waals surface area contributed by atoms with E-state index >= 15 is 0 Å². The number of nitrogens with zero attached hydrogens (tertiary/aromatic N) is 4. The lowest BCUT2D eigenvalue weighted by molar-refractivity contribution is 1.32. The molecule has 0 fully saturated rings. The SMILES string of the molecule is C(=Cc1ccc(C(=C(c2ccc(C=Cc3ccncc3)cc2)c2ccc(C=Cc3ccncc3)cc2)c2ccc(C=Cc3ccncc3)cc2)cc1)c1ccncc1. The summed E-state index contributed by atoms with van der Waals surface area (Å²) >= 11 is 0. The molecule has 0 saturated carbocycles. The Bertz CT molecular complexity index is 2300. The van der Waals surface area contributed by atoms with Gasteiger partial charge in [-0.05, 0) is 126 Å². The molecule has 8 aromatic rings. The summed E-state index contributed by atoms with van der Waals surface area (Å²) in [7, 11) is 0. The van der Waals surface area contributed by atoms with Crippen molar-refractivity contribution in [3.63, 3.8) is 0 Å². The summed E-state index contributed by atoms with van der Waals surface area (Å²) in [4.78, 5) is 16.6. The lowest BCUT2D eigenvalue weighted by Gasteiger charge is -2.19. The van der Waals surface area contributed by atoms with Gasteiger partial charge < -0.3 is 0 Å². The second kappa shape index (κ2) is 18.7. The first-order chi connectivity index (χ1) is 28.7. The highest BCUT2D eigenvalue weighted by atomic mass is 14.6. The highest BCUT2D eigenvalue weighted by Gasteiger charge is 2.17. The van der Waals surface area contributed by atoms with Crippen LogP contribution in [0.15, 0.2) is 195 Å². The van der Waals surface area contributed by atoms with Crippen LogP contribution in [-0.4, -0.2) is 19.9 Å². The van der Waals surface area contributed by atoms with E-state index in [2.05, 4.69) is 166 Å². The second-order valence-corrected chi connectivity index (χ2v) is 13.7. The Balaban J connectivity index is 1.23. The monoisotopic (exact) mass is 744 g/mol. The zero-order chi connectivity index (χ0) is 39.2. The van der Waals surface area contributed by atoms with Gasteiger partial charge in [0.25, 0.3) is 0 Å². The Hall–Kier alpha value is -7.82. The fourth-order valence-electron chi connectivity index (χ4n) is 6.62. The van der Waals surface area contributed by atoms with Crippen LogP contribution in [0.2, 0.25) is 0 Å². The Kier molecular flexibility index (Phi) is 12.0. The van der Waals surface area contributed by atoms with Crippen molar-refractivity contribution in [3.8, 4) is 0 Å². The molecule has 276 valence electrons. The topological polar surface area (TPSA) is 51.6 Å². The minimum Gasteiger partial charge on any atom is -0.265 e. The molecule has 0 radical (unpaired) electrons. The van der Waals surface area contributed by atoms with Crippen LogP contribution in [0.5, 0.6) is 0 Å². The highest BCUT2D eigenvalue weighted by Crippen LogP contribution is 2.38. The molecule has 0 unspecified atom stereocenters. The fourth-order valence-corrected chi connectivity index (χ4v) is 6.62. The molecule has 4 aromatic carbocycles. The lowest BCUT2D eigenvalue weighted by atomic mass is 9.85. The smallest absolute Gasteiger partial charge is 0.0273 e. The molecule has 4 heteroatoms. The van der Waals surface area contributed by atoms with E-state index in [4.69, 9.17) is 0 Å². The van der Waals surface area contributed by atoms with Crippen LogP contribution < -0.4 is 0 Å². The third-order valence-electron chi connectivity index (χ3n) is 9.74. The molecular weight excluding hydrogens is 705 g/mol. The average molecular weight is 745 g/mol. The Morgan fingerprint density at radius 2 is 0.362 bits per heavy atom. The second-order valence-electron chi connectivity index (χ2n) is 13.7. The summed E-state index contributed by atoms with van der Waals surface area (Å²) in [6.45, 7) is 0. The first-order valence-corrected chi connectivity index (χ1v) is 19.2. The van der Waals surface area contributed by atoms with E-state index in [1.54, 1.807) is 0 Å². The first kappa shape index (κ1) is 37.1. The molecule has 0 N–H and O–H groups in total. The van der Waals surface area contributed by atoms with Gasteiger partial charge in [-0.3, -0.25) is 19.9 Å². The van der Waals surface area contributed by atoms with Crippen molar-refractivity contribution in [2.45, 2.75) is 0 Å². The van der Waals surface area contributed by atoms with E-state index in [0.717, 1.165) is 77.9 Å². The number of aromatic nitrogens is 4. The summed E-state index contributed by atoms with van der Waals surface area (Å²) in [5.41, 5.74) is 15.7. The van der Waals surface area contributed by atoms with Crippen LogP contribution in [0.4, 0.5) is 0 Å². The molecule has 0 atom stereocenters. The fraction of sp³-hybridized carbons (Fsp3) is 0. The van der Waals surface area contributed by atoms with Gasteiger partial charge in [0.2, 0.25) is 0 Å². The summed E-state index contributed by atoms with van der Waals surface area (Å²) in [5, 5.41) is 0. The van der Waals surface area contributed by atoms with E-state index in [1.165, 1.54) is 0 Å². The number of hydrogen-bond donors (Lipinski definition) is 0. The van der Waals surface area contributed by atoms with Crippen LogP contribution in [0.3, 0.4) is 0 Å². The molecule has 0 amide bonds. The van der Waals surface area contributed by atoms with Gasteiger partial charge in [-0.2, -0.15) is 0 Å². The molecular formula is C54H40N4. The average Bonchev–Trinajstić information content (AvgIpc) is 3.30. The van der Waals surface area contributed by atoms with E-state index in [1.807, 2.05) is 98.1 Å². The van der Waals surface area contributed by atoms with Crippen LogP contribution in [0.1, 0.15) is 66.8 Å². The van der Waals surface area contributed by atoms with Crippen molar-refractivity contribution in [2.24, 2.45) is 0 Å². The Morgan fingerprint density at radius 3 is 0.534 bits per heavy atom. The molecule has 0 aliphatic carbocycles. The summed E-state index contributed by atoms with van der Waals surface area (Å²) < 4.78 is 0. The van der Waals surface area contributed by atoms with Gasteiger partial charge in [-0.15, -0.1) is 0 Å².